The van der Waals surface area contributed by atoms with Gasteiger partial charge in [0.05, 0.1) is 6.61 Å². The molecule has 0 bridgehead atoms. The third-order valence-corrected chi connectivity index (χ3v) is 2.73. The van der Waals surface area contributed by atoms with Gasteiger partial charge in [0.25, 0.3) is 0 Å². The predicted octanol–water partition coefficient (Wildman–Crippen LogP) is 3.38. The highest BCUT2D eigenvalue weighted by Gasteiger charge is 2.09. The molecule has 0 aliphatic rings. The van der Waals surface area contributed by atoms with Crippen LogP contribution in [0.3, 0.4) is 0 Å². The Morgan fingerprint density at radius 1 is 1.26 bits per heavy atom. The van der Waals surface area contributed by atoms with E-state index in [2.05, 4.69) is 4.98 Å². The molecule has 2 N–H and O–H groups in total. The molecule has 0 aliphatic heterocycles. The molecule has 4 nitrogen and oxygen atoms in total. The second kappa shape index (κ2) is 6.41. The number of nitrogens with two attached hydrogens (primary N) is 1. The number of benzene rings is 1. The molecule has 1 aromatic heterocycles. The molecule has 0 unspecified atom stereocenters. The SMILES string of the molecule is CCOc1ccccc1Oc1ncc(CN)cc1Cl. The van der Waals surface area contributed by atoms with E-state index in [4.69, 9.17) is 26.8 Å². The minimum Gasteiger partial charge on any atom is -0.490 e. The van der Waals surface area contributed by atoms with Gasteiger partial charge in [-0.15, -0.1) is 0 Å². The first-order chi connectivity index (χ1) is 9.24. The maximum atomic E-state index is 6.10. The summed E-state index contributed by atoms with van der Waals surface area (Å²) in [6.07, 6.45) is 1.64. The zero-order valence-corrected chi connectivity index (χ0v) is 11.4. The summed E-state index contributed by atoms with van der Waals surface area (Å²) in [5.41, 5.74) is 6.38. The Morgan fingerprint density at radius 2 is 2.00 bits per heavy atom. The van der Waals surface area contributed by atoms with Crippen molar-refractivity contribution in [1.82, 2.24) is 4.98 Å². The molecule has 0 radical (unpaired) electrons. The smallest absolute Gasteiger partial charge is 0.238 e. The normalized spacial score (nSPS) is 10.3. The molecule has 2 aromatic rings. The Hall–Kier alpha value is -1.78. The quantitative estimate of drug-likeness (QED) is 0.911. The van der Waals surface area contributed by atoms with Crippen molar-refractivity contribution in [2.45, 2.75) is 13.5 Å². The van der Waals surface area contributed by atoms with Crippen LogP contribution in [-0.2, 0) is 6.54 Å². The molecule has 2 rings (SSSR count). The van der Waals surface area contributed by atoms with Crippen LogP contribution < -0.4 is 15.2 Å². The highest BCUT2D eigenvalue weighted by molar-refractivity contribution is 6.31. The lowest BCUT2D eigenvalue weighted by molar-refractivity contribution is 0.319. The van der Waals surface area contributed by atoms with Crippen LogP contribution in [-0.4, -0.2) is 11.6 Å². The van der Waals surface area contributed by atoms with Crippen LogP contribution in [0.5, 0.6) is 17.4 Å². The number of aromatic nitrogens is 1. The standard InChI is InChI=1S/C14H15ClN2O2/c1-2-18-12-5-3-4-6-13(12)19-14-11(15)7-10(8-16)9-17-14/h3-7,9H,2,8,16H2,1H3. The molecule has 0 fully saturated rings. The molecule has 0 spiro atoms. The monoisotopic (exact) mass is 278 g/mol. The fourth-order valence-corrected chi connectivity index (χ4v) is 1.79. The Morgan fingerprint density at radius 3 is 2.63 bits per heavy atom. The van der Waals surface area contributed by atoms with E-state index in [1.54, 1.807) is 18.3 Å². The van der Waals surface area contributed by atoms with Gasteiger partial charge in [0.1, 0.15) is 5.02 Å². The summed E-state index contributed by atoms with van der Waals surface area (Å²) in [5.74, 6) is 1.58. The molecule has 0 saturated heterocycles. The molecule has 0 aliphatic carbocycles. The van der Waals surface area contributed by atoms with E-state index in [0.29, 0.717) is 35.6 Å². The molecule has 100 valence electrons. The van der Waals surface area contributed by atoms with Crippen molar-refractivity contribution in [3.8, 4) is 17.4 Å². The van der Waals surface area contributed by atoms with Gasteiger partial charge in [-0.1, -0.05) is 23.7 Å². The van der Waals surface area contributed by atoms with E-state index in [9.17, 15) is 0 Å². The minimum atomic E-state index is 0.339. The van der Waals surface area contributed by atoms with Gasteiger partial charge in [-0.2, -0.15) is 0 Å². The fraction of sp³-hybridized carbons (Fsp3) is 0.214. The van der Waals surface area contributed by atoms with Crippen LogP contribution in [0.1, 0.15) is 12.5 Å². The summed E-state index contributed by atoms with van der Waals surface area (Å²) >= 11 is 6.10. The van der Waals surface area contributed by atoms with Crippen molar-refractivity contribution in [2.75, 3.05) is 6.61 Å². The van der Waals surface area contributed by atoms with Crippen LogP contribution in [0.4, 0.5) is 0 Å². The average molecular weight is 279 g/mol. The predicted molar refractivity (Wildman–Crippen MR) is 74.8 cm³/mol. The van der Waals surface area contributed by atoms with Crippen molar-refractivity contribution >= 4 is 11.6 Å². The maximum absolute atomic E-state index is 6.10. The van der Waals surface area contributed by atoms with Gasteiger partial charge in [0, 0.05) is 12.7 Å². The third kappa shape index (κ3) is 3.36. The first-order valence-electron chi connectivity index (χ1n) is 5.98. The number of hydrogen-bond acceptors (Lipinski definition) is 4. The number of pyridine rings is 1. The second-order valence-corrected chi connectivity index (χ2v) is 4.22. The van der Waals surface area contributed by atoms with Crippen molar-refractivity contribution in [3.05, 3.63) is 47.1 Å². The van der Waals surface area contributed by atoms with Crippen LogP contribution in [0.15, 0.2) is 36.5 Å². The lowest BCUT2D eigenvalue weighted by Gasteiger charge is -2.11. The zero-order chi connectivity index (χ0) is 13.7. The van der Waals surface area contributed by atoms with E-state index in [0.717, 1.165) is 5.56 Å². The van der Waals surface area contributed by atoms with E-state index in [1.807, 2.05) is 25.1 Å². The van der Waals surface area contributed by atoms with Gasteiger partial charge in [0.15, 0.2) is 11.5 Å². The van der Waals surface area contributed by atoms with E-state index in [1.165, 1.54) is 0 Å². The Bertz CT molecular complexity index is 561. The number of rotatable bonds is 5. The molecular weight excluding hydrogens is 264 g/mol. The number of halogens is 1. The highest BCUT2D eigenvalue weighted by Crippen LogP contribution is 2.33. The average Bonchev–Trinajstić information content (AvgIpc) is 2.43. The number of nitrogens with zero attached hydrogens (tertiary/aromatic N) is 1. The summed E-state index contributed by atoms with van der Waals surface area (Å²) < 4.78 is 11.2. The molecule has 5 heteroatoms. The Labute approximate surface area is 117 Å². The summed E-state index contributed by atoms with van der Waals surface area (Å²) in [7, 11) is 0. The molecule has 1 heterocycles. The van der Waals surface area contributed by atoms with Crippen molar-refractivity contribution < 1.29 is 9.47 Å². The van der Waals surface area contributed by atoms with E-state index in [-0.39, 0.29) is 0 Å². The maximum Gasteiger partial charge on any atom is 0.238 e. The van der Waals surface area contributed by atoms with Crippen LogP contribution in [0.2, 0.25) is 5.02 Å². The summed E-state index contributed by atoms with van der Waals surface area (Å²) in [6.45, 7) is 2.87. The Kier molecular flexibility index (Phi) is 4.60. The number of hydrogen-bond donors (Lipinski definition) is 1. The zero-order valence-electron chi connectivity index (χ0n) is 10.6. The molecule has 1 aromatic carbocycles. The summed E-state index contributed by atoms with van der Waals surface area (Å²) in [4.78, 5) is 4.16. The highest BCUT2D eigenvalue weighted by atomic mass is 35.5. The molecule has 0 atom stereocenters. The molecular formula is C14H15ClN2O2. The lowest BCUT2D eigenvalue weighted by Crippen LogP contribution is -1.99. The number of para-hydroxylation sites is 2. The second-order valence-electron chi connectivity index (χ2n) is 3.82. The van der Waals surface area contributed by atoms with Crippen molar-refractivity contribution in [3.63, 3.8) is 0 Å². The van der Waals surface area contributed by atoms with Gasteiger partial charge < -0.3 is 15.2 Å². The lowest BCUT2D eigenvalue weighted by atomic mass is 10.3. The van der Waals surface area contributed by atoms with E-state index < -0.39 is 0 Å². The van der Waals surface area contributed by atoms with Crippen LogP contribution >= 0.6 is 11.6 Å². The number of ether oxygens (including phenoxy) is 2. The van der Waals surface area contributed by atoms with Gasteiger partial charge in [-0.3, -0.25) is 0 Å². The summed E-state index contributed by atoms with van der Waals surface area (Å²) in [5, 5.41) is 0.425. The van der Waals surface area contributed by atoms with Crippen LogP contribution in [0, 0.1) is 0 Å². The fourth-order valence-electron chi connectivity index (χ4n) is 1.57. The van der Waals surface area contributed by atoms with E-state index >= 15 is 0 Å². The van der Waals surface area contributed by atoms with Crippen LogP contribution in [0.25, 0.3) is 0 Å². The van der Waals surface area contributed by atoms with Gasteiger partial charge in [0.2, 0.25) is 5.88 Å². The van der Waals surface area contributed by atoms with Crippen molar-refractivity contribution in [1.29, 1.82) is 0 Å². The molecule has 0 amide bonds. The topological polar surface area (TPSA) is 57.4 Å². The minimum absolute atomic E-state index is 0.339. The van der Waals surface area contributed by atoms with Gasteiger partial charge in [-0.25, -0.2) is 4.98 Å². The molecule has 19 heavy (non-hydrogen) atoms. The largest absolute Gasteiger partial charge is 0.490 e. The molecule has 0 saturated carbocycles. The first kappa shape index (κ1) is 13.6. The van der Waals surface area contributed by atoms with Gasteiger partial charge in [-0.05, 0) is 30.7 Å². The Balaban J connectivity index is 2.26. The van der Waals surface area contributed by atoms with Gasteiger partial charge >= 0.3 is 0 Å². The first-order valence-corrected chi connectivity index (χ1v) is 6.36. The van der Waals surface area contributed by atoms with Crippen molar-refractivity contribution in [2.24, 2.45) is 5.73 Å². The summed E-state index contributed by atoms with van der Waals surface area (Å²) in [6, 6.07) is 9.12. The third-order valence-electron chi connectivity index (χ3n) is 2.46.